The summed E-state index contributed by atoms with van der Waals surface area (Å²) in [5.74, 6) is 2.51. The highest BCUT2D eigenvalue weighted by Crippen LogP contribution is 2.41. The number of hydrogen-bond acceptors (Lipinski definition) is 3. The third-order valence-corrected chi connectivity index (χ3v) is 7.18. The van der Waals surface area contributed by atoms with Gasteiger partial charge in [0.1, 0.15) is 5.82 Å². The molecule has 3 aliphatic rings. The van der Waals surface area contributed by atoms with Crippen molar-refractivity contribution in [2.45, 2.75) is 83.2 Å². The van der Waals surface area contributed by atoms with E-state index < -0.39 is 0 Å². The Kier molecular flexibility index (Phi) is 7.38. The molecule has 2 aliphatic carbocycles. The molecule has 4 heteroatoms. The van der Waals surface area contributed by atoms with Crippen molar-refractivity contribution < 1.29 is 18.6 Å². The van der Waals surface area contributed by atoms with E-state index in [4.69, 9.17) is 14.2 Å². The van der Waals surface area contributed by atoms with Crippen LogP contribution in [-0.2, 0) is 20.8 Å². The van der Waals surface area contributed by atoms with Crippen molar-refractivity contribution in [2.24, 2.45) is 17.8 Å². The summed E-state index contributed by atoms with van der Waals surface area (Å²) in [7, 11) is 0. The first-order chi connectivity index (χ1) is 13.8. The normalized spacial score (nSPS) is 31.9. The highest BCUT2D eigenvalue weighted by molar-refractivity contribution is 5.15. The summed E-state index contributed by atoms with van der Waals surface area (Å²) in [6.45, 7) is 2.15. The van der Waals surface area contributed by atoms with Crippen LogP contribution in [0.4, 0.5) is 4.39 Å². The summed E-state index contributed by atoms with van der Waals surface area (Å²) in [4.78, 5) is 0. The lowest BCUT2D eigenvalue weighted by atomic mass is 9.70. The fraction of sp³-hybridized carbons (Fsp3) is 0.750. The third kappa shape index (κ3) is 5.77. The predicted molar refractivity (Wildman–Crippen MR) is 107 cm³/mol. The topological polar surface area (TPSA) is 27.7 Å². The van der Waals surface area contributed by atoms with Crippen LogP contribution in [0.2, 0.25) is 0 Å². The third-order valence-electron chi connectivity index (χ3n) is 7.18. The molecule has 28 heavy (non-hydrogen) atoms. The van der Waals surface area contributed by atoms with Crippen LogP contribution in [0.1, 0.15) is 69.8 Å². The molecule has 4 rings (SSSR count). The summed E-state index contributed by atoms with van der Waals surface area (Å²) in [5.41, 5.74) is 1.07. The van der Waals surface area contributed by atoms with E-state index in [1.165, 1.54) is 69.9 Å². The van der Waals surface area contributed by atoms with Gasteiger partial charge in [-0.3, -0.25) is 0 Å². The second-order valence-corrected chi connectivity index (χ2v) is 9.00. The quantitative estimate of drug-likeness (QED) is 0.583. The van der Waals surface area contributed by atoms with Gasteiger partial charge in [-0.15, -0.1) is 0 Å². The minimum Gasteiger partial charge on any atom is -0.374 e. The zero-order valence-corrected chi connectivity index (χ0v) is 17.0. The van der Waals surface area contributed by atoms with Crippen LogP contribution in [0.5, 0.6) is 0 Å². The second-order valence-electron chi connectivity index (χ2n) is 9.00. The maximum atomic E-state index is 13.0. The molecule has 156 valence electrons. The molecule has 1 saturated heterocycles. The van der Waals surface area contributed by atoms with Crippen LogP contribution >= 0.6 is 0 Å². The first kappa shape index (κ1) is 20.3. The highest BCUT2D eigenvalue weighted by Gasteiger charge is 2.31. The Morgan fingerprint density at radius 1 is 0.786 bits per heavy atom. The molecule has 0 radical (unpaired) electrons. The van der Waals surface area contributed by atoms with Gasteiger partial charge in [-0.1, -0.05) is 25.0 Å². The molecular weight excluding hydrogens is 355 g/mol. The predicted octanol–water partition coefficient (Wildman–Crippen LogP) is 5.86. The van der Waals surface area contributed by atoms with Gasteiger partial charge in [0, 0.05) is 0 Å². The van der Waals surface area contributed by atoms with Crippen LogP contribution in [0.15, 0.2) is 24.3 Å². The molecule has 2 saturated carbocycles. The highest BCUT2D eigenvalue weighted by atomic mass is 19.1. The van der Waals surface area contributed by atoms with Gasteiger partial charge in [-0.2, -0.15) is 0 Å². The summed E-state index contributed by atoms with van der Waals surface area (Å²) < 4.78 is 30.2. The van der Waals surface area contributed by atoms with E-state index in [0.717, 1.165) is 43.0 Å². The molecule has 1 aliphatic heterocycles. The van der Waals surface area contributed by atoms with Crippen molar-refractivity contribution in [1.82, 2.24) is 0 Å². The Hall–Kier alpha value is -0.970. The lowest BCUT2D eigenvalue weighted by Crippen LogP contribution is -2.28. The maximum Gasteiger partial charge on any atom is 0.157 e. The Labute approximate surface area is 168 Å². The van der Waals surface area contributed by atoms with Gasteiger partial charge < -0.3 is 14.2 Å². The van der Waals surface area contributed by atoms with E-state index in [2.05, 4.69) is 0 Å². The second kappa shape index (κ2) is 10.2. The molecule has 0 unspecified atom stereocenters. The molecule has 1 aromatic rings. The van der Waals surface area contributed by atoms with Crippen LogP contribution in [-0.4, -0.2) is 25.6 Å². The van der Waals surface area contributed by atoms with Crippen molar-refractivity contribution in [3.8, 4) is 0 Å². The minimum absolute atomic E-state index is 0.0721. The molecule has 0 spiro atoms. The SMILES string of the molecule is Fc1ccc(COC2CCC([C@H]3CC[C@H](CCC4OCCO4)CC3)CC2)cc1. The number of hydrogen-bond donors (Lipinski definition) is 0. The Morgan fingerprint density at radius 2 is 1.39 bits per heavy atom. The molecule has 3 nitrogen and oxygen atoms in total. The Bertz CT molecular complexity index is 568. The van der Waals surface area contributed by atoms with Crippen LogP contribution < -0.4 is 0 Å². The van der Waals surface area contributed by atoms with Crippen molar-refractivity contribution in [3.05, 3.63) is 35.6 Å². The fourth-order valence-electron chi connectivity index (χ4n) is 5.42. The molecule has 0 aromatic heterocycles. The van der Waals surface area contributed by atoms with Gasteiger partial charge in [-0.05, 0) is 86.8 Å². The lowest BCUT2D eigenvalue weighted by Gasteiger charge is -2.38. The Morgan fingerprint density at radius 3 is 2.04 bits per heavy atom. The molecular formula is C24H35FO3. The summed E-state index contributed by atoms with van der Waals surface area (Å²) >= 11 is 0. The zero-order valence-electron chi connectivity index (χ0n) is 17.0. The summed E-state index contributed by atoms with van der Waals surface area (Å²) in [6, 6.07) is 6.67. The minimum atomic E-state index is -0.181. The van der Waals surface area contributed by atoms with Crippen LogP contribution in [0, 0.1) is 23.6 Å². The Balaban J connectivity index is 1.11. The fourth-order valence-corrected chi connectivity index (χ4v) is 5.42. The van der Waals surface area contributed by atoms with Gasteiger partial charge in [0.2, 0.25) is 0 Å². The average molecular weight is 391 g/mol. The van der Waals surface area contributed by atoms with Gasteiger partial charge in [0.15, 0.2) is 6.29 Å². The maximum absolute atomic E-state index is 13.0. The molecule has 1 heterocycles. The van der Waals surface area contributed by atoms with Crippen LogP contribution in [0.3, 0.4) is 0 Å². The first-order valence-corrected chi connectivity index (χ1v) is 11.4. The zero-order chi connectivity index (χ0) is 19.2. The molecule has 0 N–H and O–H groups in total. The molecule has 3 fully saturated rings. The van der Waals surface area contributed by atoms with Crippen molar-refractivity contribution in [3.63, 3.8) is 0 Å². The standard InChI is InChI=1S/C24H35FO3/c25-22-10-3-19(4-11-22)17-28-23-12-8-21(9-13-23)20-6-1-18(2-7-20)5-14-24-26-15-16-27-24/h3-4,10-11,18,20-21,23-24H,1-2,5-9,12-17H2/t18-,20-,21?,23?. The van der Waals surface area contributed by atoms with Crippen molar-refractivity contribution in [2.75, 3.05) is 13.2 Å². The summed E-state index contributed by atoms with van der Waals surface area (Å²) in [5, 5.41) is 0. The smallest absolute Gasteiger partial charge is 0.157 e. The van der Waals surface area contributed by atoms with Crippen molar-refractivity contribution in [1.29, 1.82) is 0 Å². The van der Waals surface area contributed by atoms with E-state index in [1.807, 2.05) is 12.1 Å². The van der Waals surface area contributed by atoms with Gasteiger partial charge in [0.25, 0.3) is 0 Å². The monoisotopic (exact) mass is 390 g/mol. The number of ether oxygens (including phenoxy) is 3. The lowest BCUT2D eigenvalue weighted by molar-refractivity contribution is -0.0516. The van der Waals surface area contributed by atoms with Gasteiger partial charge in [-0.25, -0.2) is 4.39 Å². The van der Waals surface area contributed by atoms with Crippen molar-refractivity contribution >= 4 is 0 Å². The first-order valence-electron chi connectivity index (χ1n) is 11.4. The molecule has 1 aromatic carbocycles. The average Bonchev–Trinajstić information content (AvgIpc) is 3.26. The molecule has 0 bridgehead atoms. The summed E-state index contributed by atoms with van der Waals surface area (Å²) in [6.07, 6.45) is 13.4. The van der Waals surface area contributed by atoms with E-state index in [-0.39, 0.29) is 12.1 Å². The van der Waals surface area contributed by atoms with E-state index in [0.29, 0.717) is 12.7 Å². The van der Waals surface area contributed by atoms with Gasteiger partial charge in [0.05, 0.1) is 25.9 Å². The number of benzene rings is 1. The molecule has 0 atom stereocenters. The number of rotatable bonds is 7. The van der Waals surface area contributed by atoms with Crippen LogP contribution in [0.25, 0.3) is 0 Å². The van der Waals surface area contributed by atoms with Gasteiger partial charge >= 0.3 is 0 Å². The van der Waals surface area contributed by atoms with E-state index >= 15 is 0 Å². The van der Waals surface area contributed by atoms with E-state index in [1.54, 1.807) is 0 Å². The molecule has 0 amide bonds. The number of halogens is 1. The largest absolute Gasteiger partial charge is 0.374 e. The van der Waals surface area contributed by atoms with E-state index in [9.17, 15) is 4.39 Å².